The Kier molecular flexibility index (Phi) is 4.57. The number of nitrogens with zero attached hydrogens (tertiary/aromatic N) is 1. The van der Waals surface area contributed by atoms with Crippen LogP contribution < -0.4 is 0 Å². The number of aliphatic carboxylic acids is 1. The highest BCUT2D eigenvalue weighted by molar-refractivity contribution is 7.92. The largest absolute Gasteiger partial charge is 0.481 e. The maximum Gasteiger partial charge on any atom is 0.303 e. The van der Waals surface area contributed by atoms with E-state index in [0.717, 1.165) is 5.56 Å². The first-order chi connectivity index (χ1) is 9.47. The summed E-state index contributed by atoms with van der Waals surface area (Å²) in [5, 5.41) is 9.92. The van der Waals surface area contributed by atoms with E-state index in [0.29, 0.717) is 13.0 Å². The summed E-state index contributed by atoms with van der Waals surface area (Å²) < 4.78 is 25.6. The lowest BCUT2D eigenvalue weighted by Gasteiger charge is -2.13. The lowest BCUT2D eigenvalue weighted by Crippen LogP contribution is -2.27. The molecule has 1 unspecified atom stereocenters. The van der Waals surface area contributed by atoms with Gasteiger partial charge in [-0.25, -0.2) is 8.42 Å². The second kappa shape index (κ2) is 6.19. The van der Waals surface area contributed by atoms with Crippen LogP contribution >= 0.6 is 0 Å². The molecule has 0 spiro atoms. The van der Waals surface area contributed by atoms with E-state index >= 15 is 0 Å². The van der Waals surface area contributed by atoms with Gasteiger partial charge in [0, 0.05) is 24.9 Å². The van der Waals surface area contributed by atoms with Crippen LogP contribution in [0.1, 0.15) is 18.4 Å². The fraction of sp³-hybridized carbons (Fsp3) is 0.357. The molecule has 2 rings (SSSR count). The Morgan fingerprint density at radius 3 is 2.70 bits per heavy atom. The highest BCUT2D eigenvalue weighted by atomic mass is 32.2. The van der Waals surface area contributed by atoms with Crippen molar-refractivity contribution in [1.82, 2.24) is 4.31 Å². The van der Waals surface area contributed by atoms with E-state index in [9.17, 15) is 13.2 Å². The van der Waals surface area contributed by atoms with E-state index in [4.69, 9.17) is 5.11 Å². The molecule has 5 nitrogen and oxygen atoms in total. The second-order valence-electron chi connectivity index (χ2n) is 4.87. The van der Waals surface area contributed by atoms with Crippen LogP contribution in [-0.2, 0) is 14.8 Å². The number of benzene rings is 1. The summed E-state index contributed by atoms with van der Waals surface area (Å²) in [6.07, 6.45) is 2.18. The van der Waals surface area contributed by atoms with Crippen molar-refractivity contribution in [1.29, 1.82) is 0 Å². The minimum absolute atomic E-state index is 0.0222. The first-order valence-corrected chi connectivity index (χ1v) is 7.93. The molecule has 0 aromatic heterocycles. The maximum absolute atomic E-state index is 12.1. The Labute approximate surface area is 118 Å². The molecule has 1 aliphatic rings. The van der Waals surface area contributed by atoms with Gasteiger partial charge < -0.3 is 5.11 Å². The van der Waals surface area contributed by atoms with Crippen molar-refractivity contribution in [2.45, 2.75) is 12.8 Å². The van der Waals surface area contributed by atoms with Gasteiger partial charge in [-0.3, -0.25) is 4.79 Å². The Bertz CT molecular complexity index is 595. The number of hydrogen-bond acceptors (Lipinski definition) is 3. The van der Waals surface area contributed by atoms with Crippen molar-refractivity contribution in [3.8, 4) is 0 Å². The molecule has 6 heteroatoms. The van der Waals surface area contributed by atoms with Crippen LogP contribution in [0.15, 0.2) is 35.7 Å². The third-order valence-electron chi connectivity index (χ3n) is 3.30. The van der Waals surface area contributed by atoms with Crippen molar-refractivity contribution in [3.63, 3.8) is 0 Å². The summed E-state index contributed by atoms with van der Waals surface area (Å²) >= 11 is 0. The maximum atomic E-state index is 12.1. The Morgan fingerprint density at radius 2 is 2.05 bits per heavy atom. The van der Waals surface area contributed by atoms with Crippen LogP contribution in [0.2, 0.25) is 0 Å². The fourth-order valence-corrected chi connectivity index (χ4v) is 3.54. The minimum Gasteiger partial charge on any atom is -0.481 e. The van der Waals surface area contributed by atoms with Gasteiger partial charge >= 0.3 is 5.97 Å². The van der Waals surface area contributed by atoms with Crippen molar-refractivity contribution in [2.24, 2.45) is 5.92 Å². The predicted octanol–water partition coefficient (Wildman–Crippen LogP) is 1.78. The fourth-order valence-electron chi connectivity index (χ4n) is 2.26. The van der Waals surface area contributed by atoms with Crippen molar-refractivity contribution >= 4 is 22.1 Å². The number of carboxylic acid groups (broad SMARTS) is 1. The number of rotatable bonds is 5. The summed E-state index contributed by atoms with van der Waals surface area (Å²) in [6, 6.07) is 9.19. The third-order valence-corrected chi connectivity index (χ3v) is 4.84. The normalized spacial score (nSPS) is 20.5. The van der Waals surface area contributed by atoms with E-state index in [1.54, 1.807) is 6.08 Å². The SMILES string of the molecule is O=C(O)CC1CCN(S(=O)(=O)C=Cc2ccccc2)C1. The van der Waals surface area contributed by atoms with E-state index in [1.165, 1.54) is 9.71 Å². The summed E-state index contributed by atoms with van der Waals surface area (Å²) in [7, 11) is -3.47. The molecule has 20 heavy (non-hydrogen) atoms. The molecular weight excluding hydrogens is 278 g/mol. The van der Waals surface area contributed by atoms with Gasteiger partial charge in [0.1, 0.15) is 0 Å². The van der Waals surface area contributed by atoms with E-state index < -0.39 is 16.0 Å². The van der Waals surface area contributed by atoms with Gasteiger partial charge in [0.15, 0.2) is 0 Å². The predicted molar refractivity (Wildman–Crippen MR) is 76.3 cm³/mol. The quantitative estimate of drug-likeness (QED) is 0.898. The molecule has 1 saturated heterocycles. The van der Waals surface area contributed by atoms with Gasteiger partial charge in [0.2, 0.25) is 10.0 Å². The lowest BCUT2D eigenvalue weighted by molar-refractivity contribution is -0.137. The Morgan fingerprint density at radius 1 is 1.35 bits per heavy atom. The van der Waals surface area contributed by atoms with Crippen LogP contribution in [-0.4, -0.2) is 36.9 Å². The Hall–Kier alpha value is -1.66. The van der Waals surface area contributed by atoms with Crippen LogP contribution in [0, 0.1) is 5.92 Å². The average molecular weight is 295 g/mol. The molecule has 0 amide bonds. The van der Waals surface area contributed by atoms with Crippen LogP contribution in [0.5, 0.6) is 0 Å². The third kappa shape index (κ3) is 3.91. The molecule has 1 atom stereocenters. The molecule has 0 aliphatic carbocycles. The highest BCUT2D eigenvalue weighted by Crippen LogP contribution is 2.23. The van der Waals surface area contributed by atoms with Crippen molar-refractivity contribution < 1.29 is 18.3 Å². The molecule has 1 fully saturated rings. The van der Waals surface area contributed by atoms with E-state index in [1.807, 2.05) is 30.3 Å². The molecule has 0 saturated carbocycles. The van der Waals surface area contributed by atoms with E-state index in [-0.39, 0.29) is 18.9 Å². The smallest absolute Gasteiger partial charge is 0.303 e. The molecule has 1 aliphatic heterocycles. The average Bonchev–Trinajstić information content (AvgIpc) is 2.86. The van der Waals surface area contributed by atoms with Gasteiger partial charge in [0.25, 0.3) is 0 Å². The Balaban J connectivity index is 2.01. The van der Waals surface area contributed by atoms with Gasteiger partial charge in [-0.1, -0.05) is 30.3 Å². The lowest BCUT2D eigenvalue weighted by atomic mass is 10.1. The minimum atomic E-state index is -3.47. The standard InChI is InChI=1S/C14H17NO4S/c16-14(17)10-13-6-8-15(11-13)20(18,19)9-7-12-4-2-1-3-5-12/h1-5,7,9,13H,6,8,10-11H2,(H,16,17). The molecule has 1 heterocycles. The van der Waals surface area contributed by atoms with Crippen LogP contribution in [0.25, 0.3) is 6.08 Å². The first-order valence-electron chi connectivity index (χ1n) is 6.42. The van der Waals surface area contributed by atoms with Crippen LogP contribution in [0.4, 0.5) is 0 Å². The van der Waals surface area contributed by atoms with Crippen molar-refractivity contribution in [2.75, 3.05) is 13.1 Å². The van der Waals surface area contributed by atoms with Gasteiger partial charge in [-0.15, -0.1) is 0 Å². The summed E-state index contributed by atoms with van der Waals surface area (Å²) in [5.74, 6) is -0.971. The monoisotopic (exact) mass is 295 g/mol. The topological polar surface area (TPSA) is 74.7 Å². The molecule has 1 aromatic carbocycles. The molecule has 0 bridgehead atoms. The van der Waals surface area contributed by atoms with Crippen LogP contribution in [0.3, 0.4) is 0 Å². The summed E-state index contributed by atoms with van der Waals surface area (Å²) in [5.41, 5.74) is 0.817. The first kappa shape index (κ1) is 14.7. The van der Waals surface area contributed by atoms with Gasteiger partial charge in [-0.2, -0.15) is 4.31 Å². The number of sulfonamides is 1. The molecule has 108 valence electrons. The number of carbonyl (C=O) groups is 1. The molecule has 0 radical (unpaired) electrons. The van der Waals surface area contributed by atoms with Crippen molar-refractivity contribution in [3.05, 3.63) is 41.3 Å². The zero-order chi connectivity index (χ0) is 14.6. The molecule has 1 aromatic rings. The van der Waals surface area contributed by atoms with Gasteiger partial charge in [0.05, 0.1) is 0 Å². The summed E-state index contributed by atoms with van der Waals surface area (Å²) in [4.78, 5) is 10.6. The number of carboxylic acids is 1. The molecule has 1 N–H and O–H groups in total. The molecular formula is C14H17NO4S. The van der Waals surface area contributed by atoms with E-state index in [2.05, 4.69) is 0 Å². The summed E-state index contributed by atoms with van der Waals surface area (Å²) in [6.45, 7) is 0.674. The number of hydrogen-bond donors (Lipinski definition) is 1. The second-order valence-corrected chi connectivity index (χ2v) is 6.69. The highest BCUT2D eigenvalue weighted by Gasteiger charge is 2.30. The zero-order valence-electron chi connectivity index (χ0n) is 11.0. The van der Waals surface area contributed by atoms with Gasteiger partial charge in [-0.05, 0) is 24.0 Å². The zero-order valence-corrected chi connectivity index (χ0v) is 11.8.